The lowest BCUT2D eigenvalue weighted by Gasteiger charge is -2.13. The molecule has 0 aliphatic rings. The van der Waals surface area contributed by atoms with E-state index < -0.39 is 0 Å². The lowest BCUT2D eigenvalue weighted by atomic mass is 10.1. The van der Waals surface area contributed by atoms with E-state index in [0.29, 0.717) is 6.54 Å². The monoisotopic (exact) mass is 376 g/mol. The summed E-state index contributed by atoms with van der Waals surface area (Å²) in [5.74, 6) is 1.62. The Balaban J connectivity index is 1.66. The molecule has 0 amide bonds. The molecule has 0 aliphatic heterocycles. The summed E-state index contributed by atoms with van der Waals surface area (Å²) in [6.07, 6.45) is 7.69. The molecular weight excluding hydrogens is 348 g/mol. The average Bonchev–Trinajstić information content (AvgIpc) is 3.26. The van der Waals surface area contributed by atoms with Crippen LogP contribution in [0, 0.1) is 6.92 Å². The second-order valence-corrected chi connectivity index (χ2v) is 6.76. The van der Waals surface area contributed by atoms with Gasteiger partial charge in [-0.05, 0) is 42.7 Å². The Hall–Kier alpha value is -3.15. The van der Waals surface area contributed by atoms with E-state index in [1.54, 1.807) is 17.1 Å². The maximum atomic E-state index is 4.76. The fourth-order valence-electron chi connectivity index (χ4n) is 2.71. The number of benzene rings is 1. The molecule has 0 fully saturated rings. The lowest BCUT2D eigenvalue weighted by molar-refractivity contribution is 0.724. The first kappa shape index (κ1) is 19.6. The van der Waals surface area contributed by atoms with Gasteiger partial charge in [0.15, 0.2) is 11.8 Å². The third-order valence-corrected chi connectivity index (χ3v) is 4.37. The minimum atomic E-state index is 0.576. The highest BCUT2D eigenvalue weighted by molar-refractivity contribution is 5.79. The topological polar surface area (TPSA) is 67.1 Å². The molecule has 6 heteroatoms. The van der Waals surface area contributed by atoms with Gasteiger partial charge in [0.1, 0.15) is 0 Å². The van der Waals surface area contributed by atoms with Crippen LogP contribution < -0.4 is 10.6 Å². The van der Waals surface area contributed by atoms with E-state index in [-0.39, 0.29) is 0 Å². The lowest BCUT2D eigenvalue weighted by Crippen LogP contribution is -2.37. The molecule has 2 N–H and O–H groups in total. The van der Waals surface area contributed by atoms with Crippen molar-refractivity contribution in [3.63, 3.8) is 0 Å². The zero-order chi connectivity index (χ0) is 19.6. The number of aromatic nitrogens is 3. The number of hydrogen-bond donors (Lipinski definition) is 2. The van der Waals surface area contributed by atoms with Gasteiger partial charge in [-0.2, -0.15) is 5.10 Å². The van der Waals surface area contributed by atoms with Crippen LogP contribution in [-0.4, -0.2) is 27.3 Å². The number of rotatable bonds is 8. The first-order valence-corrected chi connectivity index (χ1v) is 9.77. The quantitative estimate of drug-likeness (QED) is 0.358. The highest BCUT2D eigenvalue weighted by Gasteiger charge is 2.02. The molecule has 0 atom stereocenters. The van der Waals surface area contributed by atoms with Crippen molar-refractivity contribution in [2.75, 3.05) is 6.54 Å². The Kier molecular flexibility index (Phi) is 7.18. The molecule has 0 spiro atoms. The maximum absolute atomic E-state index is 4.76. The van der Waals surface area contributed by atoms with Crippen LogP contribution in [0.4, 0.5) is 0 Å². The second-order valence-electron chi connectivity index (χ2n) is 6.76. The van der Waals surface area contributed by atoms with Crippen LogP contribution in [0.5, 0.6) is 0 Å². The third-order valence-electron chi connectivity index (χ3n) is 4.37. The Morgan fingerprint density at radius 3 is 2.68 bits per heavy atom. The van der Waals surface area contributed by atoms with Gasteiger partial charge >= 0.3 is 0 Å². The van der Waals surface area contributed by atoms with Gasteiger partial charge in [-0.15, -0.1) is 0 Å². The summed E-state index contributed by atoms with van der Waals surface area (Å²) in [4.78, 5) is 9.13. The standard InChI is InChI=1S/C22H28N6/c1-3-4-11-24-22(25-16-19-8-6-18(2)7-9-19)26-17-20-10-13-23-21(15-20)28-14-5-12-27-28/h5-10,12-15H,3-4,11,16-17H2,1-2H3,(H2,24,25,26). The molecule has 0 saturated heterocycles. The smallest absolute Gasteiger partial charge is 0.191 e. The Bertz CT molecular complexity index is 868. The molecule has 146 valence electrons. The number of nitrogens with zero attached hydrogens (tertiary/aromatic N) is 4. The third kappa shape index (κ3) is 5.94. The Labute approximate surface area is 166 Å². The SMILES string of the molecule is CCCCNC(=NCc1ccnc(-n2cccn2)c1)NCc1ccc(C)cc1. The molecular formula is C22H28N6. The summed E-state index contributed by atoms with van der Waals surface area (Å²) in [7, 11) is 0. The minimum absolute atomic E-state index is 0.576. The number of hydrogen-bond acceptors (Lipinski definition) is 3. The van der Waals surface area contributed by atoms with Crippen molar-refractivity contribution in [3.8, 4) is 5.82 Å². The summed E-state index contributed by atoms with van der Waals surface area (Å²) in [5.41, 5.74) is 3.59. The van der Waals surface area contributed by atoms with Crippen molar-refractivity contribution >= 4 is 5.96 Å². The first-order valence-electron chi connectivity index (χ1n) is 9.77. The van der Waals surface area contributed by atoms with Crippen molar-refractivity contribution in [2.24, 2.45) is 4.99 Å². The molecule has 3 aromatic rings. The highest BCUT2D eigenvalue weighted by Crippen LogP contribution is 2.07. The fourth-order valence-corrected chi connectivity index (χ4v) is 2.71. The van der Waals surface area contributed by atoms with Crippen molar-refractivity contribution < 1.29 is 0 Å². The van der Waals surface area contributed by atoms with Crippen molar-refractivity contribution in [2.45, 2.75) is 39.8 Å². The zero-order valence-corrected chi connectivity index (χ0v) is 16.6. The van der Waals surface area contributed by atoms with Crippen LogP contribution in [-0.2, 0) is 13.1 Å². The molecule has 1 aromatic carbocycles. The summed E-state index contributed by atoms with van der Waals surface area (Å²) in [6, 6.07) is 14.4. The summed E-state index contributed by atoms with van der Waals surface area (Å²) < 4.78 is 1.75. The molecule has 2 aromatic heterocycles. The van der Waals surface area contributed by atoms with Crippen LogP contribution in [0.15, 0.2) is 66.0 Å². The van der Waals surface area contributed by atoms with Gasteiger partial charge < -0.3 is 10.6 Å². The molecule has 3 rings (SSSR count). The molecule has 6 nitrogen and oxygen atoms in total. The Morgan fingerprint density at radius 1 is 1.07 bits per heavy atom. The van der Waals surface area contributed by atoms with Gasteiger partial charge in [-0.25, -0.2) is 14.7 Å². The van der Waals surface area contributed by atoms with E-state index in [2.05, 4.69) is 58.8 Å². The molecule has 2 heterocycles. The number of aryl methyl sites for hydroxylation is 1. The van der Waals surface area contributed by atoms with E-state index in [1.807, 2.05) is 24.4 Å². The van der Waals surface area contributed by atoms with Gasteiger partial charge in [0, 0.05) is 31.7 Å². The molecule has 0 aliphatic carbocycles. The number of guanidine groups is 1. The van der Waals surface area contributed by atoms with Gasteiger partial charge in [-0.3, -0.25) is 0 Å². The average molecular weight is 377 g/mol. The second kappa shape index (κ2) is 10.3. The van der Waals surface area contributed by atoms with Crippen LogP contribution in [0.2, 0.25) is 0 Å². The fraction of sp³-hybridized carbons (Fsp3) is 0.318. The van der Waals surface area contributed by atoms with Crippen molar-refractivity contribution in [1.29, 1.82) is 0 Å². The summed E-state index contributed by atoms with van der Waals surface area (Å²) in [6.45, 7) is 6.51. The summed E-state index contributed by atoms with van der Waals surface area (Å²) in [5, 5.41) is 11.1. The summed E-state index contributed by atoms with van der Waals surface area (Å²) >= 11 is 0. The molecule has 0 unspecified atom stereocenters. The zero-order valence-electron chi connectivity index (χ0n) is 16.6. The highest BCUT2D eigenvalue weighted by atomic mass is 15.3. The first-order chi connectivity index (χ1) is 13.7. The van der Waals surface area contributed by atoms with E-state index in [1.165, 1.54) is 11.1 Å². The van der Waals surface area contributed by atoms with Crippen LogP contribution in [0.3, 0.4) is 0 Å². The van der Waals surface area contributed by atoms with E-state index in [9.17, 15) is 0 Å². The van der Waals surface area contributed by atoms with Gasteiger partial charge in [-0.1, -0.05) is 43.2 Å². The van der Waals surface area contributed by atoms with Gasteiger partial charge in [0.2, 0.25) is 0 Å². The van der Waals surface area contributed by atoms with Crippen LogP contribution in [0.1, 0.15) is 36.5 Å². The van der Waals surface area contributed by atoms with E-state index in [4.69, 9.17) is 4.99 Å². The van der Waals surface area contributed by atoms with Gasteiger partial charge in [0.25, 0.3) is 0 Å². The van der Waals surface area contributed by atoms with Crippen molar-refractivity contribution in [1.82, 2.24) is 25.4 Å². The predicted octanol–water partition coefficient (Wildman–Crippen LogP) is 3.61. The van der Waals surface area contributed by atoms with Crippen molar-refractivity contribution in [3.05, 3.63) is 77.7 Å². The minimum Gasteiger partial charge on any atom is -0.356 e. The molecule has 0 saturated carbocycles. The van der Waals surface area contributed by atoms with Gasteiger partial charge in [0.05, 0.1) is 6.54 Å². The Morgan fingerprint density at radius 2 is 1.93 bits per heavy atom. The number of nitrogens with one attached hydrogen (secondary N) is 2. The maximum Gasteiger partial charge on any atom is 0.191 e. The molecule has 28 heavy (non-hydrogen) atoms. The number of aliphatic imine (C=N–C) groups is 1. The van der Waals surface area contributed by atoms with E-state index >= 15 is 0 Å². The largest absolute Gasteiger partial charge is 0.356 e. The van der Waals surface area contributed by atoms with Crippen LogP contribution in [0.25, 0.3) is 5.82 Å². The van der Waals surface area contributed by atoms with Crippen LogP contribution >= 0.6 is 0 Å². The molecule has 0 bridgehead atoms. The predicted molar refractivity (Wildman–Crippen MR) is 113 cm³/mol. The normalized spacial score (nSPS) is 11.4. The molecule has 0 radical (unpaired) electrons. The number of pyridine rings is 1. The van der Waals surface area contributed by atoms with E-state index in [0.717, 1.165) is 43.3 Å². The number of unbranched alkanes of at least 4 members (excludes halogenated alkanes) is 1.